The van der Waals surface area contributed by atoms with Gasteiger partial charge in [-0.3, -0.25) is 4.79 Å². The van der Waals surface area contributed by atoms with Gasteiger partial charge in [-0.1, -0.05) is 25.7 Å². The van der Waals surface area contributed by atoms with E-state index >= 15 is 0 Å². The third-order valence-electron chi connectivity index (χ3n) is 3.39. The number of rotatable bonds is 3. The van der Waals surface area contributed by atoms with Crippen molar-refractivity contribution in [2.75, 3.05) is 0 Å². The molecule has 0 atom stereocenters. The summed E-state index contributed by atoms with van der Waals surface area (Å²) in [5, 5.41) is 10.3. The Morgan fingerprint density at radius 2 is 2.00 bits per heavy atom. The summed E-state index contributed by atoms with van der Waals surface area (Å²) in [4.78, 5) is 12.0. The molecule has 1 N–H and O–H groups in total. The maximum atomic E-state index is 12.0. The van der Waals surface area contributed by atoms with Gasteiger partial charge in [-0.15, -0.1) is 0 Å². The molecule has 0 saturated heterocycles. The summed E-state index contributed by atoms with van der Waals surface area (Å²) in [5.41, 5.74) is -0.240. The number of furan rings is 1. The lowest BCUT2D eigenvalue weighted by atomic mass is 9.87. The largest absolute Gasteiger partial charge is 0.472 e. The minimum Gasteiger partial charge on any atom is -0.472 e. The first-order valence-corrected chi connectivity index (χ1v) is 5.97. The van der Waals surface area contributed by atoms with Crippen LogP contribution in [0.3, 0.4) is 0 Å². The molecule has 1 fully saturated rings. The molecule has 16 heavy (non-hydrogen) atoms. The molecule has 0 unspecified atom stereocenters. The lowest BCUT2D eigenvalue weighted by Crippen LogP contribution is -2.39. The van der Waals surface area contributed by atoms with Gasteiger partial charge in [-0.25, -0.2) is 0 Å². The van der Waals surface area contributed by atoms with Crippen LogP contribution in [-0.2, 0) is 11.2 Å². The van der Waals surface area contributed by atoms with E-state index in [4.69, 9.17) is 4.42 Å². The van der Waals surface area contributed by atoms with Crippen LogP contribution in [0.1, 0.15) is 44.1 Å². The predicted molar refractivity (Wildman–Crippen MR) is 60.1 cm³/mol. The lowest BCUT2D eigenvalue weighted by molar-refractivity contribution is -0.138. The fraction of sp³-hybridized carbons (Fsp3) is 0.615. The molecule has 1 aromatic heterocycles. The average Bonchev–Trinajstić information content (AvgIpc) is 2.66. The van der Waals surface area contributed by atoms with E-state index in [9.17, 15) is 9.90 Å². The number of hydrogen-bond donors (Lipinski definition) is 1. The highest BCUT2D eigenvalue weighted by Gasteiger charge is 2.35. The third kappa shape index (κ3) is 2.53. The molecular formula is C13H18O3. The Morgan fingerprint density at radius 3 is 2.56 bits per heavy atom. The van der Waals surface area contributed by atoms with E-state index < -0.39 is 5.60 Å². The van der Waals surface area contributed by atoms with Crippen LogP contribution in [-0.4, -0.2) is 16.5 Å². The van der Waals surface area contributed by atoms with Crippen molar-refractivity contribution in [2.45, 2.75) is 50.5 Å². The first kappa shape index (κ1) is 11.4. The number of aliphatic hydroxyl groups is 1. The maximum absolute atomic E-state index is 12.0. The van der Waals surface area contributed by atoms with Gasteiger partial charge in [0.1, 0.15) is 5.60 Å². The van der Waals surface area contributed by atoms with Gasteiger partial charge in [0.05, 0.1) is 12.5 Å². The van der Waals surface area contributed by atoms with Crippen LogP contribution in [0.4, 0.5) is 0 Å². The van der Waals surface area contributed by atoms with Gasteiger partial charge in [0.15, 0.2) is 5.78 Å². The molecule has 3 heteroatoms. The summed E-state index contributed by atoms with van der Waals surface area (Å²) >= 11 is 0. The summed E-state index contributed by atoms with van der Waals surface area (Å²) < 4.78 is 4.93. The van der Waals surface area contributed by atoms with Crippen LogP contribution in [0.25, 0.3) is 0 Å². The van der Waals surface area contributed by atoms with E-state index in [0.717, 1.165) is 31.2 Å². The first-order chi connectivity index (χ1) is 7.71. The lowest BCUT2D eigenvalue weighted by Gasteiger charge is -2.24. The second-order valence-corrected chi connectivity index (χ2v) is 4.68. The molecular weight excluding hydrogens is 204 g/mol. The predicted octanol–water partition coefficient (Wildman–Crippen LogP) is 2.48. The van der Waals surface area contributed by atoms with Gasteiger partial charge in [0, 0.05) is 6.42 Å². The van der Waals surface area contributed by atoms with E-state index in [-0.39, 0.29) is 12.2 Å². The molecule has 1 aliphatic rings. The zero-order valence-corrected chi connectivity index (χ0v) is 9.45. The topological polar surface area (TPSA) is 50.4 Å². The van der Waals surface area contributed by atoms with Gasteiger partial charge in [0.25, 0.3) is 0 Å². The summed E-state index contributed by atoms with van der Waals surface area (Å²) in [6.07, 6.45) is 8.79. The second-order valence-electron chi connectivity index (χ2n) is 4.68. The molecule has 0 aliphatic heterocycles. The molecule has 0 bridgehead atoms. The van der Waals surface area contributed by atoms with Crippen LogP contribution in [0.5, 0.6) is 0 Å². The van der Waals surface area contributed by atoms with Crippen LogP contribution < -0.4 is 0 Å². The highest BCUT2D eigenvalue weighted by atomic mass is 16.3. The quantitative estimate of drug-likeness (QED) is 0.799. The van der Waals surface area contributed by atoms with E-state index in [2.05, 4.69) is 0 Å². The molecule has 3 nitrogen and oxygen atoms in total. The number of ketones is 1. The molecule has 1 saturated carbocycles. The summed E-state index contributed by atoms with van der Waals surface area (Å²) in [5.74, 6) is -0.0594. The maximum Gasteiger partial charge on any atom is 0.168 e. The van der Waals surface area contributed by atoms with Crippen LogP contribution >= 0.6 is 0 Å². The Morgan fingerprint density at radius 1 is 1.31 bits per heavy atom. The zero-order chi connectivity index (χ0) is 11.4. The van der Waals surface area contributed by atoms with Crippen molar-refractivity contribution in [2.24, 2.45) is 0 Å². The molecule has 0 radical (unpaired) electrons. The van der Waals surface area contributed by atoms with Crippen molar-refractivity contribution < 1.29 is 14.3 Å². The van der Waals surface area contributed by atoms with Gasteiger partial charge < -0.3 is 9.52 Å². The smallest absolute Gasteiger partial charge is 0.168 e. The fourth-order valence-corrected chi connectivity index (χ4v) is 2.34. The molecule has 0 aromatic carbocycles. The number of carbonyl (C=O) groups excluding carboxylic acids is 1. The minimum atomic E-state index is -1.09. The van der Waals surface area contributed by atoms with E-state index in [0.29, 0.717) is 12.8 Å². The summed E-state index contributed by atoms with van der Waals surface area (Å²) in [7, 11) is 0. The van der Waals surface area contributed by atoms with Gasteiger partial charge in [-0.05, 0) is 24.5 Å². The van der Waals surface area contributed by atoms with Crippen molar-refractivity contribution in [1.82, 2.24) is 0 Å². The molecule has 1 aliphatic carbocycles. The Kier molecular flexibility index (Phi) is 3.44. The Balaban J connectivity index is 2.01. The second kappa shape index (κ2) is 4.83. The van der Waals surface area contributed by atoms with Crippen molar-refractivity contribution in [3.05, 3.63) is 24.2 Å². The molecule has 1 aromatic rings. The van der Waals surface area contributed by atoms with Gasteiger partial charge in [-0.2, -0.15) is 0 Å². The fourth-order valence-electron chi connectivity index (χ4n) is 2.34. The van der Waals surface area contributed by atoms with Gasteiger partial charge in [0.2, 0.25) is 0 Å². The third-order valence-corrected chi connectivity index (χ3v) is 3.39. The highest BCUT2D eigenvalue weighted by molar-refractivity contribution is 5.88. The van der Waals surface area contributed by atoms with E-state index in [1.807, 2.05) is 0 Å². The minimum absolute atomic E-state index is 0.0594. The summed E-state index contributed by atoms with van der Waals surface area (Å²) in [6, 6.07) is 1.78. The molecule has 88 valence electrons. The van der Waals surface area contributed by atoms with Crippen molar-refractivity contribution in [1.29, 1.82) is 0 Å². The molecule has 2 rings (SSSR count). The normalized spacial score (nSPS) is 20.3. The number of carbonyl (C=O) groups is 1. The average molecular weight is 222 g/mol. The van der Waals surface area contributed by atoms with Crippen molar-refractivity contribution >= 4 is 5.78 Å². The van der Waals surface area contributed by atoms with Crippen molar-refractivity contribution in [3.8, 4) is 0 Å². The SMILES string of the molecule is O=C(Cc1ccoc1)C1(O)CCCCCC1. The standard InChI is InChI=1S/C13H18O3/c14-12(9-11-5-8-16-10-11)13(15)6-3-1-2-4-7-13/h5,8,10,15H,1-4,6-7,9H2. The van der Waals surface area contributed by atoms with Crippen LogP contribution in [0.15, 0.2) is 23.0 Å². The number of hydrogen-bond acceptors (Lipinski definition) is 3. The van der Waals surface area contributed by atoms with Crippen LogP contribution in [0, 0.1) is 0 Å². The molecule has 1 heterocycles. The molecule has 0 spiro atoms. The van der Waals surface area contributed by atoms with Crippen LogP contribution in [0.2, 0.25) is 0 Å². The monoisotopic (exact) mass is 222 g/mol. The Hall–Kier alpha value is -1.09. The highest BCUT2D eigenvalue weighted by Crippen LogP contribution is 2.28. The first-order valence-electron chi connectivity index (χ1n) is 5.97. The number of Topliss-reactive ketones (excluding diaryl/α,β-unsaturated/α-hetero) is 1. The Bertz CT molecular complexity index is 332. The van der Waals surface area contributed by atoms with Crippen molar-refractivity contribution in [3.63, 3.8) is 0 Å². The Labute approximate surface area is 95.5 Å². The van der Waals surface area contributed by atoms with E-state index in [1.165, 1.54) is 0 Å². The van der Waals surface area contributed by atoms with Gasteiger partial charge >= 0.3 is 0 Å². The van der Waals surface area contributed by atoms with E-state index in [1.54, 1.807) is 18.6 Å². The molecule has 0 amide bonds. The zero-order valence-electron chi connectivity index (χ0n) is 9.45. The summed E-state index contributed by atoms with van der Waals surface area (Å²) in [6.45, 7) is 0.